The van der Waals surface area contributed by atoms with Gasteiger partial charge >= 0.3 is 0 Å². The number of unbranched alkanes of at least 4 members (excludes halogenated alkanes) is 6. The fourth-order valence-electron chi connectivity index (χ4n) is 1.80. The SMILES string of the molecule is CCCCCOC([Si])(OCCCCC)OCCCCC. The lowest BCUT2D eigenvalue weighted by atomic mass is 10.3. The Morgan fingerprint density at radius 3 is 1.15 bits per heavy atom. The van der Waals surface area contributed by atoms with E-state index in [1.807, 2.05) is 0 Å². The highest BCUT2D eigenvalue weighted by atomic mass is 28.1. The molecule has 0 aliphatic heterocycles. The second-order valence-electron chi connectivity index (χ2n) is 5.22. The Kier molecular flexibility index (Phi) is 14.1. The van der Waals surface area contributed by atoms with E-state index >= 15 is 0 Å². The third-order valence-corrected chi connectivity index (χ3v) is 3.55. The summed E-state index contributed by atoms with van der Waals surface area (Å²) in [4.78, 5) is 0. The van der Waals surface area contributed by atoms with Gasteiger partial charge in [0.05, 0.1) is 19.8 Å². The van der Waals surface area contributed by atoms with Crippen molar-refractivity contribution in [3.05, 3.63) is 0 Å². The molecule has 0 heterocycles. The summed E-state index contributed by atoms with van der Waals surface area (Å²) < 4.78 is 17.3. The molecule has 0 aromatic heterocycles. The van der Waals surface area contributed by atoms with E-state index in [1.165, 1.54) is 38.5 Å². The Hall–Kier alpha value is 0.0969. The summed E-state index contributed by atoms with van der Waals surface area (Å²) >= 11 is 0. The Morgan fingerprint density at radius 2 is 0.900 bits per heavy atom. The molecule has 3 nitrogen and oxygen atoms in total. The van der Waals surface area contributed by atoms with E-state index in [0.717, 1.165) is 19.3 Å². The number of ether oxygens (including phenoxy) is 3. The fourth-order valence-corrected chi connectivity index (χ4v) is 2.11. The van der Waals surface area contributed by atoms with Crippen molar-refractivity contribution >= 4 is 10.2 Å². The van der Waals surface area contributed by atoms with Gasteiger partial charge in [0, 0.05) is 0 Å². The van der Waals surface area contributed by atoms with Crippen LogP contribution in [0.5, 0.6) is 0 Å². The molecule has 0 bridgehead atoms. The predicted molar refractivity (Wildman–Crippen MR) is 84.9 cm³/mol. The normalized spacial score (nSPS) is 12.0. The smallest absolute Gasteiger partial charge is 0.248 e. The first-order chi connectivity index (χ1) is 9.68. The van der Waals surface area contributed by atoms with E-state index in [2.05, 4.69) is 31.0 Å². The molecule has 0 atom stereocenters. The Morgan fingerprint density at radius 1 is 0.600 bits per heavy atom. The molecule has 4 heteroatoms. The largest absolute Gasteiger partial charge is 0.332 e. The Balaban J connectivity index is 3.98. The summed E-state index contributed by atoms with van der Waals surface area (Å²) in [6.45, 7) is 8.55. The quantitative estimate of drug-likeness (QED) is 0.255. The monoisotopic (exact) mass is 301 g/mol. The molecule has 0 saturated heterocycles. The van der Waals surface area contributed by atoms with E-state index in [4.69, 9.17) is 14.2 Å². The van der Waals surface area contributed by atoms with E-state index < -0.39 is 5.60 Å². The highest BCUT2D eigenvalue weighted by Gasteiger charge is 2.26. The molecule has 0 rings (SSSR count). The zero-order valence-corrected chi connectivity index (χ0v) is 14.7. The third-order valence-electron chi connectivity index (χ3n) is 3.12. The predicted octanol–water partition coefficient (Wildman–Crippen LogP) is 4.39. The number of hydrogen-bond acceptors (Lipinski definition) is 3. The maximum Gasteiger partial charge on any atom is 0.248 e. The first-order valence-corrected chi connectivity index (χ1v) is 8.85. The van der Waals surface area contributed by atoms with Crippen molar-refractivity contribution in [3.8, 4) is 0 Å². The van der Waals surface area contributed by atoms with Crippen molar-refractivity contribution in [2.45, 2.75) is 84.2 Å². The minimum Gasteiger partial charge on any atom is -0.332 e. The zero-order valence-electron chi connectivity index (χ0n) is 13.7. The van der Waals surface area contributed by atoms with Crippen LogP contribution in [0.15, 0.2) is 0 Å². The average molecular weight is 302 g/mol. The topological polar surface area (TPSA) is 27.7 Å². The standard InChI is InChI=1S/C16H33O3Si/c1-4-7-10-13-17-16(20,18-14-11-8-5-2)19-15-12-9-6-3/h4-15H2,1-3H3. The average Bonchev–Trinajstić information content (AvgIpc) is 2.45. The van der Waals surface area contributed by atoms with E-state index in [0.29, 0.717) is 19.8 Å². The molecule has 0 aromatic carbocycles. The molecule has 0 N–H and O–H groups in total. The van der Waals surface area contributed by atoms with Gasteiger partial charge in [0.2, 0.25) is 5.60 Å². The van der Waals surface area contributed by atoms with Gasteiger partial charge in [-0.1, -0.05) is 59.3 Å². The van der Waals surface area contributed by atoms with Gasteiger partial charge in [-0.3, -0.25) is 0 Å². The summed E-state index contributed by atoms with van der Waals surface area (Å²) in [6.07, 6.45) is 10.2. The summed E-state index contributed by atoms with van der Waals surface area (Å²) in [7, 11) is 3.53. The van der Waals surface area contributed by atoms with Gasteiger partial charge in [-0.2, -0.15) is 0 Å². The summed E-state index contributed by atoms with van der Waals surface area (Å²) in [5.41, 5.74) is -1.05. The minimum atomic E-state index is -1.05. The van der Waals surface area contributed by atoms with Crippen LogP contribution in [0.25, 0.3) is 0 Å². The van der Waals surface area contributed by atoms with Gasteiger partial charge in [-0.25, -0.2) is 0 Å². The van der Waals surface area contributed by atoms with Gasteiger partial charge < -0.3 is 14.2 Å². The molecule has 0 saturated carbocycles. The zero-order chi connectivity index (χ0) is 15.1. The fraction of sp³-hybridized carbons (Fsp3) is 1.00. The van der Waals surface area contributed by atoms with Crippen LogP contribution in [0.3, 0.4) is 0 Å². The summed E-state index contributed by atoms with van der Waals surface area (Å²) in [5.74, 6) is 0. The molecule has 0 fully saturated rings. The van der Waals surface area contributed by atoms with Crippen LogP contribution >= 0.6 is 0 Å². The van der Waals surface area contributed by atoms with Crippen molar-refractivity contribution in [1.29, 1.82) is 0 Å². The second-order valence-corrected chi connectivity index (χ2v) is 5.84. The van der Waals surface area contributed by atoms with Gasteiger partial charge in [0.1, 0.15) is 0 Å². The molecule has 0 spiro atoms. The van der Waals surface area contributed by atoms with Gasteiger partial charge in [0.25, 0.3) is 0 Å². The lowest BCUT2D eigenvalue weighted by molar-refractivity contribution is -0.325. The molecule has 0 amide bonds. The minimum absolute atomic E-state index is 0.666. The Labute approximate surface area is 129 Å². The molecule has 0 aliphatic rings. The first kappa shape index (κ1) is 20.1. The molecule has 0 aromatic rings. The van der Waals surface area contributed by atoms with Crippen LogP contribution in [-0.4, -0.2) is 35.7 Å². The summed E-state index contributed by atoms with van der Waals surface area (Å²) in [5, 5.41) is 0. The molecule has 0 unspecified atom stereocenters. The highest BCUT2D eigenvalue weighted by molar-refractivity contribution is 6.12. The van der Waals surface area contributed by atoms with E-state index in [-0.39, 0.29) is 0 Å². The van der Waals surface area contributed by atoms with Crippen LogP contribution in [-0.2, 0) is 14.2 Å². The number of hydrogen-bond donors (Lipinski definition) is 0. The third kappa shape index (κ3) is 11.9. The molecule has 3 radical (unpaired) electrons. The highest BCUT2D eigenvalue weighted by Crippen LogP contribution is 2.14. The Bertz CT molecular complexity index is 169. The molecule has 119 valence electrons. The van der Waals surface area contributed by atoms with Crippen molar-refractivity contribution in [1.82, 2.24) is 0 Å². The van der Waals surface area contributed by atoms with Crippen LogP contribution in [0.4, 0.5) is 0 Å². The van der Waals surface area contributed by atoms with Crippen LogP contribution in [0.2, 0.25) is 0 Å². The van der Waals surface area contributed by atoms with Crippen LogP contribution in [0, 0.1) is 0 Å². The lowest BCUT2D eigenvalue weighted by Gasteiger charge is -2.30. The molecular weight excluding hydrogens is 268 g/mol. The molecule has 0 aliphatic carbocycles. The van der Waals surface area contributed by atoms with Crippen molar-refractivity contribution in [2.75, 3.05) is 19.8 Å². The maximum absolute atomic E-state index is 5.76. The lowest BCUT2D eigenvalue weighted by Crippen LogP contribution is -2.41. The maximum atomic E-state index is 5.76. The van der Waals surface area contributed by atoms with Gasteiger partial charge in [-0.15, -0.1) is 0 Å². The van der Waals surface area contributed by atoms with E-state index in [1.54, 1.807) is 0 Å². The first-order valence-electron chi connectivity index (χ1n) is 8.35. The van der Waals surface area contributed by atoms with Crippen molar-refractivity contribution in [3.63, 3.8) is 0 Å². The van der Waals surface area contributed by atoms with Gasteiger partial charge in [-0.05, 0) is 19.3 Å². The number of rotatable bonds is 15. The van der Waals surface area contributed by atoms with Crippen molar-refractivity contribution in [2.24, 2.45) is 0 Å². The van der Waals surface area contributed by atoms with Crippen LogP contribution in [0.1, 0.15) is 78.6 Å². The van der Waals surface area contributed by atoms with Gasteiger partial charge in [0.15, 0.2) is 10.2 Å². The summed E-state index contributed by atoms with van der Waals surface area (Å²) in [6, 6.07) is 0. The molecular formula is C16H33O3Si. The van der Waals surface area contributed by atoms with Crippen LogP contribution < -0.4 is 0 Å². The molecule has 20 heavy (non-hydrogen) atoms. The second kappa shape index (κ2) is 14.1. The van der Waals surface area contributed by atoms with E-state index in [9.17, 15) is 0 Å². The van der Waals surface area contributed by atoms with Crippen molar-refractivity contribution < 1.29 is 14.2 Å².